The van der Waals surface area contributed by atoms with Crippen molar-refractivity contribution >= 4 is 46.1 Å². The van der Waals surface area contributed by atoms with Crippen molar-refractivity contribution in [2.24, 2.45) is 9.98 Å². The van der Waals surface area contributed by atoms with E-state index in [4.69, 9.17) is 0 Å². The summed E-state index contributed by atoms with van der Waals surface area (Å²) < 4.78 is 0.910. The van der Waals surface area contributed by atoms with Crippen molar-refractivity contribution in [3.63, 3.8) is 0 Å². The molecule has 0 fully saturated rings. The summed E-state index contributed by atoms with van der Waals surface area (Å²) in [5.74, 6) is 0. The number of nitrogens with zero attached hydrogens (tertiary/aromatic N) is 2. The third kappa shape index (κ3) is 3.95. The second-order valence-electron chi connectivity index (χ2n) is 4.49. The molecule has 2 aromatic rings. The predicted octanol–water partition coefficient (Wildman–Crippen LogP) is 4.13. The van der Waals surface area contributed by atoms with Crippen LogP contribution in [0.1, 0.15) is 16.7 Å². The highest BCUT2D eigenvalue weighted by Crippen LogP contribution is 2.25. The van der Waals surface area contributed by atoms with Crippen LogP contribution in [0.25, 0.3) is 0 Å². The van der Waals surface area contributed by atoms with Gasteiger partial charge in [-0.1, -0.05) is 18.2 Å². The maximum atomic E-state index is 10.3. The first-order valence-electron chi connectivity index (χ1n) is 6.17. The van der Waals surface area contributed by atoms with Crippen LogP contribution in [-0.2, 0) is 16.0 Å². The molecule has 0 saturated heterocycles. The first-order valence-corrected chi connectivity index (χ1v) is 7.25. The predicted molar refractivity (Wildman–Crippen MR) is 88.7 cm³/mol. The molecule has 0 amide bonds. The SMILES string of the molecule is Cc1cc(Cc2ccc(N=C=O)c(I)c2)ccc1N=C=O. The number of rotatable bonds is 4. The molecule has 0 aliphatic carbocycles. The van der Waals surface area contributed by atoms with Crippen LogP contribution >= 0.6 is 22.6 Å². The molecule has 104 valence electrons. The molecule has 0 saturated carbocycles. The molecule has 0 bridgehead atoms. The van der Waals surface area contributed by atoms with Crippen molar-refractivity contribution in [2.75, 3.05) is 0 Å². The van der Waals surface area contributed by atoms with E-state index in [1.807, 2.05) is 37.3 Å². The standard InChI is InChI=1S/C16H11IN2O2/c1-11-6-12(2-4-15(11)18-9-20)7-13-3-5-16(19-10-21)14(17)8-13/h2-6,8H,7H2,1H3. The molecule has 0 heterocycles. The summed E-state index contributed by atoms with van der Waals surface area (Å²) in [7, 11) is 0. The third-order valence-electron chi connectivity index (χ3n) is 3.01. The Bertz CT molecular complexity index is 708. The van der Waals surface area contributed by atoms with Gasteiger partial charge in [-0.2, -0.15) is 9.98 Å². The molecule has 0 atom stereocenters. The Balaban J connectivity index is 2.26. The van der Waals surface area contributed by atoms with Crippen LogP contribution in [0.3, 0.4) is 0 Å². The first kappa shape index (κ1) is 15.3. The Kier molecular flexibility index (Phi) is 5.17. The van der Waals surface area contributed by atoms with Crippen LogP contribution in [0.2, 0.25) is 0 Å². The zero-order chi connectivity index (χ0) is 15.2. The number of aliphatic imine (C=N–C) groups is 2. The molecular formula is C16H11IN2O2. The summed E-state index contributed by atoms with van der Waals surface area (Å²) in [4.78, 5) is 27.9. The maximum Gasteiger partial charge on any atom is 0.240 e. The Hall–Kier alpha value is -2.07. The summed E-state index contributed by atoms with van der Waals surface area (Å²) >= 11 is 2.14. The fraction of sp³-hybridized carbons (Fsp3) is 0.125. The van der Waals surface area contributed by atoms with Crippen LogP contribution in [0, 0.1) is 10.5 Å². The van der Waals surface area contributed by atoms with Gasteiger partial charge >= 0.3 is 0 Å². The highest BCUT2D eigenvalue weighted by Gasteiger charge is 2.04. The average Bonchev–Trinajstić information content (AvgIpc) is 2.45. The van der Waals surface area contributed by atoms with E-state index >= 15 is 0 Å². The molecule has 0 aromatic heterocycles. The van der Waals surface area contributed by atoms with Gasteiger partial charge in [-0.3, -0.25) is 0 Å². The fourth-order valence-corrected chi connectivity index (χ4v) is 2.74. The smallest absolute Gasteiger partial charge is 0.211 e. The third-order valence-corrected chi connectivity index (χ3v) is 3.88. The zero-order valence-electron chi connectivity index (χ0n) is 11.3. The van der Waals surface area contributed by atoms with Crippen molar-refractivity contribution in [1.82, 2.24) is 0 Å². The van der Waals surface area contributed by atoms with Crippen molar-refractivity contribution in [3.8, 4) is 0 Å². The number of benzene rings is 2. The molecule has 21 heavy (non-hydrogen) atoms. The largest absolute Gasteiger partial charge is 0.240 e. The van der Waals surface area contributed by atoms with Gasteiger partial charge in [0.05, 0.1) is 11.4 Å². The molecule has 0 radical (unpaired) electrons. The number of hydrogen-bond acceptors (Lipinski definition) is 4. The monoisotopic (exact) mass is 390 g/mol. The summed E-state index contributed by atoms with van der Waals surface area (Å²) in [6.07, 6.45) is 3.86. The van der Waals surface area contributed by atoms with E-state index in [2.05, 4.69) is 32.6 Å². The molecule has 0 aliphatic heterocycles. The second kappa shape index (κ2) is 7.09. The highest BCUT2D eigenvalue weighted by atomic mass is 127. The van der Waals surface area contributed by atoms with Gasteiger partial charge in [0.15, 0.2) is 0 Å². The summed E-state index contributed by atoms with van der Waals surface area (Å²) in [6, 6.07) is 11.5. The van der Waals surface area contributed by atoms with E-state index in [0.717, 1.165) is 26.7 Å². The molecule has 0 spiro atoms. The number of aryl methyl sites for hydroxylation is 1. The minimum Gasteiger partial charge on any atom is -0.211 e. The molecule has 5 heteroatoms. The first-order chi connectivity index (χ1) is 10.1. The van der Waals surface area contributed by atoms with Crippen molar-refractivity contribution in [3.05, 3.63) is 56.7 Å². The van der Waals surface area contributed by atoms with Gasteiger partial charge in [-0.05, 0) is 70.8 Å². The molecule has 0 aliphatic rings. The Morgan fingerprint density at radius 1 is 0.952 bits per heavy atom. The van der Waals surface area contributed by atoms with Gasteiger partial charge < -0.3 is 0 Å². The summed E-state index contributed by atoms with van der Waals surface area (Å²) in [5, 5.41) is 0. The van der Waals surface area contributed by atoms with Crippen LogP contribution in [0.5, 0.6) is 0 Å². The van der Waals surface area contributed by atoms with Gasteiger partial charge in [0.1, 0.15) is 0 Å². The molecule has 2 aromatic carbocycles. The Morgan fingerprint density at radius 2 is 1.52 bits per heavy atom. The Labute approximate surface area is 135 Å². The van der Waals surface area contributed by atoms with Crippen molar-refractivity contribution < 1.29 is 9.59 Å². The topological polar surface area (TPSA) is 58.9 Å². The van der Waals surface area contributed by atoms with Crippen molar-refractivity contribution in [2.45, 2.75) is 13.3 Å². The lowest BCUT2D eigenvalue weighted by atomic mass is 10.0. The number of halogens is 1. The minimum atomic E-state index is 0.626. The van der Waals surface area contributed by atoms with E-state index in [9.17, 15) is 9.59 Å². The van der Waals surface area contributed by atoms with Gasteiger partial charge in [-0.25, -0.2) is 9.59 Å². The minimum absolute atomic E-state index is 0.626. The van der Waals surface area contributed by atoms with Crippen LogP contribution in [0.4, 0.5) is 11.4 Å². The molecular weight excluding hydrogens is 379 g/mol. The van der Waals surface area contributed by atoms with Crippen LogP contribution < -0.4 is 0 Å². The normalized spacial score (nSPS) is 9.62. The Morgan fingerprint density at radius 3 is 2.10 bits per heavy atom. The molecule has 4 nitrogen and oxygen atoms in total. The lowest BCUT2D eigenvalue weighted by molar-refractivity contribution is 0.564. The lowest BCUT2D eigenvalue weighted by Crippen LogP contribution is -1.90. The van der Waals surface area contributed by atoms with E-state index < -0.39 is 0 Å². The number of carbonyl (C=O) groups excluding carboxylic acids is 2. The van der Waals surface area contributed by atoms with Gasteiger partial charge in [0, 0.05) is 3.57 Å². The van der Waals surface area contributed by atoms with E-state index in [0.29, 0.717) is 11.4 Å². The maximum absolute atomic E-state index is 10.3. The van der Waals surface area contributed by atoms with Gasteiger partial charge in [-0.15, -0.1) is 0 Å². The van der Waals surface area contributed by atoms with E-state index in [1.54, 1.807) is 18.2 Å². The highest BCUT2D eigenvalue weighted by molar-refractivity contribution is 14.1. The van der Waals surface area contributed by atoms with Crippen molar-refractivity contribution in [1.29, 1.82) is 0 Å². The quantitative estimate of drug-likeness (QED) is 0.448. The fourth-order valence-electron chi connectivity index (χ4n) is 2.04. The van der Waals surface area contributed by atoms with Gasteiger partial charge in [0.2, 0.25) is 12.2 Å². The average molecular weight is 390 g/mol. The summed E-state index contributed by atoms with van der Waals surface area (Å²) in [6.45, 7) is 1.91. The number of hydrogen-bond donors (Lipinski definition) is 0. The van der Waals surface area contributed by atoms with Crippen LogP contribution in [-0.4, -0.2) is 12.2 Å². The number of isocyanates is 2. The molecule has 0 N–H and O–H groups in total. The van der Waals surface area contributed by atoms with E-state index in [1.165, 1.54) is 0 Å². The molecule has 2 rings (SSSR count). The summed E-state index contributed by atoms with van der Waals surface area (Å²) in [5.41, 5.74) is 4.45. The van der Waals surface area contributed by atoms with E-state index in [-0.39, 0.29) is 0 Å². The van der Waals surface area contributed by atoms with Gasteiger partial charge in [0.25, 0.3) is 0 Å². The van der Waals surface area contributed by atoms with Crippen LogP contribution in [0.15, 0.2) is 46.4 Å². The molecule has 0 unspecified atom stereocenters. The second-order valence-corrected chi connectivity index (χ2v) is 5.65. The zero-order valence-corrected chi connectivity index (χ0v) is 13.4. The lowest BCUT2D eigenvalue weighted by Gasteiger charge is -2.06.